The van der Waals surface area contributed by atoms with Crippen molar-refractivity contribution in [3.63, 3.8) is 0 Å². The Balaban J connectivity index is 0.000000593. The van der Waals surface area contributed by atoms with Gasteiger partial charge in [0.25, 0.3) is 5.69 Å². The highest BCUT2D eigenvalue weighted by Gasteiger charge is 2.47. The number of thioether (sulfide) groups is 1. The zero-order valence-electron chi connectivity index (χ0n) is 26.0. The number of fused-ring (bicyclic) bond motifs is 1. The van der Waals surface area contributed by atoms with E-state index in [2.05, 4.69) is 24.3 Å². The van der Waals surface area contributed by atoms with E-state index < -0.39 is 23.0 Å². The number of β-lactam (4-membered cyclic amide) rings is 1. The molecule has 48 heavy (non-hydrogen) atoms. The molecule has 0 N–H and O–H groups in total. The first kappa shape index (κ1) is 32.7. The van der Waals surface area contributed by atoms with Crippen molar-refractivity contribution in [2.45, 2.75) is 18.8 Å². The first-order valence-electron chi connectivity index (χ1n) is 15.2. The van der Waals surface area contributed by atoms with Crippen molar-refractivity contribution < 1.29 is 24.0 Å². The molecular weight excluding hydrogens is 643 g/mol. The third kappa shape index (κ3) is 6.47. The Morgan fingerprint density at radius 1 is 0.771 bits per heavy atom. The summed E-state index contributed by atoms with van der Waals surface area (Å²) in [6, 6.07) is 43.2. The minimum Gasteiger partial charge on any atom is -0.456 e. The average Bonchev–Trinajstić information content (AvgIpc) is 3.11. The number of carbonyl (C=O) groups excluding carboxylic acids is 3. The molecule has 240 valence electrons. The van der Waals surface area contributed by atoms with Gasteiger partial charge in [0.1, 0.15) is 17.3 Å². The van der Waals surface area contributed by atoms with Gasteiger partial charge in [-0.15, -0.1) is 0 Å². The summed E-state index contributed by atoms with van der Waals surface area (Å²) in [5.41, 5.74) is 3.57. The molecule has 2 aliphatic carbocycles. The van der Waals surface area contributed by atoms with Crippen molar-refractivity contribution >= 4 is 62.7 Å². The molecule has 1 heterocycles. The van der Waals surface area contributed by atoms with Crippen LogP contribution in [-0.4, -0.2) is 44.0 Å². The van der Waals surface area contributed by atoms with Crippen molar-refractivity contribution in [3.8, 4) is 11.1 Å². The lowest BCUT2D eigenvalue weighted by atomic mass is 9.95. The quantitative estimate of drug-likeness (QED) is 0.0617. The lowest BCUT2D eigenvalue weighted by molar-refractivity contribution is -0.384. The molecule has 8 nitrogen and oxygen atoms in total. The molecule has 7 rings (SSSR count). The summed E-state index contributed by atoms with van der Waals surface area (Å²) in [5, 5.41) is 12.9. The van der Waals surface area contributed by atoms with Gasteiger partial charge >= 0.3 is 5.97 Å². The Morgan fingerprint density at radius 3 is 1.58 bits per heavy atom. The van der Waals surface area contributed by atoms with E-state index in [1.165, 1.54) is 47.2 Å². The molecule has 1 saturated heterocycles. The fourth-order valence-electron chi connectivity index (χ4n) is 5.66. The SMILES string of the molecule is CC(=O)SC1CN(C(C(=O)OCc2ccc([N+](=O)[O-])cc2)=P(c2ccccc2)(c2ccccc2)c2ccccc2)C1=O.c1cc2ccc1-2. The van der Waals surface area contributed by atoms with E-state index >= 15 is 0 Å². The van der Waals surface area contributed by atoms with Crippen LogP contribution in [0.5, 0.6) is 0 Å². The topological polar surface area (TPSA) is 107 Å². The predicted molar refractivity (Wildman–Crippen MR) is 192 cm³/mol. The van der Waals surface area contributed by atoms with Gasteiger partial charge < -0.3 is 9.64 Å². The van der Waals surface area contributed by atoms with Crippen LogP contribution < -0.4 is 15.9 Å². The molecule has 10 heteroatoms. The molecule has 1 amide bonds. The van der Waals surface area contributed by atoms with Crippen LogP contribution in [0.3, 0.4) is 0 Å². The van der Waals surface area contributed by atoms with E-state index in [0.29, 0.717) is 5.56 Å². The monoisotopic (exact) mass is 674 g/mol. The minimum atomic E-state index is -3.02. The summed E-state index contributed by atoms with van der Waals surface area (Å²) < 4.78 is 5.90. The van der Waals surface area contributed by atoms with Crippen LogP contribution in [0.2, 0.25) is 0 Å². The van der Waals surface area contributed by atoms with Crippen molar-refractivity contribution in [1.29, 1.82) is 0 Å². The van der Waals surface area contributed by atoms with Crippen LogP contribution in [0.15, 0.2) is 140 Å². The molecule has 0 radical (unpaired) electrons. The number of hydrogen-bond acceptors (Lipinski definition) is 7. The molecule has 0 bridgehead atoms. The number of hydrogen-bond donors (Lipinski definition) is 0. The molecule has 1 atom stereocenters. The summed E-state index contributed by atoms with van der Waals surface area (Å²) in [6.07, 6.45) is 0. The second-order valence-electron chi connectivity index (χ2n) is 11.1. The van der Waals surface area contributed by atoms with Gasteiger partial charge in [0.15, 0.2) is 5.12 Å². The number of carbonyl (C=O) groups is 3. The Hall–Kier alpha value is -5.24. The van der Waals surface area contributed by atoms with Gasteiger partial charge in [0, 0.05) is 32.5 Å². The Kier molecular flexibility index (Phi) is 9.71. The third-order valence-electron chi connectivity index (χ3n) is 8.12. The first-order valence-corrected chi connectivity index (χ1v) is 17.9. The molecule has 3 aliphatic rings. The Labute approximate surface area is 282 Å². The Morgan fingerprint density at radius 2 is 1.23 bits per heavy atom. The van der Waals surface area contributed by atoms with Gasteiger partial charge in [-0.25, -0.2) is 4.79 Å². The van der Waals surface area contributed by atoms with E-state index in [1.807, 2.05) is 91.0 Å². The minimum absolute atomic E-state index is 0.0697. The zero-order chi connectivity index (χ0) is 33.7. The number of amides is 1. The number of benzene rings is 5. The molecule has 0 spiro atoms. The molecule has 4 aromatic rings. The second kappa shape index (κ2) is 14.3. The van der Waals surface area contributed by atoms with Crippen molar-refractivity contribution in [2.24, 2.45) is 0 Å². The lowest BCUT2D eigenvalue weighted by Gasteiger charge is -2.43. The predicted octanol–water partition coefficient (Wildman–Crippen LogP) is 5.92. The van der Waals surface area contributed by atoms with Crippen LogP contribution in [-0.2, 0) is 25.7 Å². The van der Waals surface area contributed by atoms with Crippen molar-refractivity contribution in [1.82, 2.24) is 4.90 Å². The molecule has 0 saturated carbocycles. The van der Waals surface area contributed by atoms with E-state index in [-0.39, 0.29) is 35.3 Å². The number of rotatable bonds is 9. The fraction of sp³-hybridized carbons (Fsp3) is 0.105. The number of nitrogens with zero attached hydrogens (tertiary/aromatic N) is 2. The smallest absolute Gasteiger partial charge is 0.356 e. The van der Waals surface area contributed by atoms with Gasteiger partial charge in [-0.05, 0) is 44.7 Å². The maximum absolute atomic E-state index is 14.4. The molecular formula is C38H31N2O6PS. The van der Waals surface area contributed by atoms with Gasteiger partial charge in [-0.1, -0.05) is 127 Å². The third-order valence-corrected chi connectivity index (χ3v) is 13.4. The molecule has 1 fully saturated rings. The number of esters is 1. The van der Waals surface area contributed by atoms with E-state index in [4.69, 9.17) is 4.74 Å². The van der Waals surface area contributed by atoms with Crippen molar-refractivity contribution in [3.05, 3.63) is 155 Å². The van der Waals surface area contributed by atoms with Crippen LogP contribution in [0, 0.1) is 10.1 Å². The fourth-order valence-corrected chi connectivity index (χ4v) is 10.9. The summed E-state index contributed by atoms with van der Waals surface area (Å²) in [4.78, 5) is 51.9. The van der Waals surface area contributed by atoms with Crippen LogP contribution >= 0.6 is 18.6 Å². The molecule has 1 aliphatic heterocycles. The van der Waals surface area contributed by atoms with Crippen LogP contribution in [0.1, 0.15) is 12.5 Å². The van der Waals surface area contributed by atoms with Gasteiger partial charge in [0.05, 0.1) is 4.92 Å². The lowest BCUT2D eigenvalue weighted by Crippen LogP contribution is -2.61. The summed E-state index contributed by atoms with van der Waals surface area (Å²) in [6.45, 7) is -1.57. The molecule has 0 aromatic heterocycles. The summed E-state index contributed by atoms with van der Waals surface area (Å²) in [5.74, 6) is -0.998. The summed E-state index contributed by atoms with van der Waals surface area (Å²) in [7, 11) is 0. The molecule has 1 unspecified atom stereocenters. The van der Waals surface area contributed by atoms with E-state index in [9.17, 15) is 24.5 Å². The maximum atomic E-state index is 14.4. The highest BCUT2D eigenvalue weighted by atomic mass is 32.2. The standard InChI is InChI=1S/C32H27N2O6PS.C6H4/c1-23(35)42-29-21-33(30(29)36)31(32(37)40-22-24-17-19-25(20-18-24)34(38)39)41(26-11-5-2-6-12-26,27-13-7-3-8-14-27)28-15-9-4-10-16-28;1-2-6-4-3-5(1)6/h2-20,29H,21-22H2,1H3;1-4H. The van der Waals surface area contributed by atoms with Gasteiger partial charge in [0.2, 0.25) is 5.91 Å². The number of non-ortho nitro benzene ring substituents is 1. The Bertz CT molecular complexity index is 1900. The summed E-state index contributed by atoms with van der Waals surface area (Å²) >= 11 is 0.956. The number of likely N-dealkylation sites (tertiary alicyclic amines) is 1. The normalized spacial score (nSPS) is 14.1. The highest BCUT2D eigenvalue weighted by Crippen LogP contribution is 2.48. The highest BCUT2D eigenvalue weighted by molar-refractivity contribution is 8.14. The van der Waals surface area contributed by atoms with Gasteiger partial charge in [-0.3, -0.25) is 19.7 Å². The van der Waals surface area contributed by atoms with Crippen LogP contribution in [0.25, 0.3) is 11.1 Å². The average molecular weight is 675 g/mol. The van der Waals surface area contributed by atoms with Crippen molar-refractivity contribution in [2.75, 3.05) is 6.54 Å². The number of ether oxygens (including phenoxy) is 1. The second-order valence-corrected chi connectivity index (χ2v) is 15.8. The van der Waals surface area contributed by atoms with Crippen LogP contribution in [0.4, 0.5) is 5.69 Å². The number of nitro groups is 1. The molecule has 4 aromatic carbocycles. The van der Waals surface area contributed by atoms with Gasteiger partial charge in [-0.2, -0.15) is 0 Å². The first-order chi connectivity index (χ1) is 23.3. The van der Waals surface area contributed by atoms with E-state index in [0.717, 1.165) is 27.7 Å². The largest absolute Gasteiger partial charge is 0.456 e. The van der Waals surface area contributed by atoms with E-state index in [1.54, 1.807) is 0 Å². The number of nitro benzene ring substituents is 1. The maximum Gasteiger partial charge on any atom is 0.356 e. The zero-order valence-corrected chi connectivity index (χ0v) is 27.7.